The van der Waals surface area contributed by atoms with Crippen molar-refractivity contribution in [3.8, 4) is 5.75 Å². The smallest absolute Gasteiger partial charge is 0.335 e. The van der Waals surface area contributed by atoms with Crippen LogP contribution < -0.4 is 4.74 Å². The molecule has 0 aliphatic carbocycles. The number of ether oxygens (including phenoxy) is 1. The van der Waals surface area contributed by atoms with Gasteiger partial charge in [0.2, 0.25) is 0 Å². The first-order chi connectivity index (χ1) is 10.9. The van der Waals surface area contributed by atoms with Crippen LogP contribution in [0.4, 0.5) is 4.39 Å². The molecule has 23 heavy (non-hydrogen) atoms. The van der Waals surface area contributed by atoms with Gasteiger partial charge in [-0.25, -0.2) is 9.18 Å². The van der Waals surface area contributed by atoms with E-state index in [9.17, 15) is 9.18 Å². The minimum atomic E-state index is -1.12. The van der Waals surface area contributed by atoms with Gasteiger partial charge in [0.1, 0.15) is 5.60 Å². The highest BCUT2D eigenvalue weighted by Gasteiger charge is 2.24. The summed E-state index contributed by atoms with van der Waals surface area (Å²) in [6, 6.07) is 3.55. The summed E-state index contributed by atoms with van der Waals surface area (Å²) in [7, 11) is 0. The Hall–Kier alpha value is -2.36. The van der Waals surface area contributed by atoms with E-state index in [0.29, 0.717) is 6.42 Å². The molecule has 0 fully saturated rings. The summed E-state index contributed by atoms with van der Waals surface area (Å²) in [5.74, 6) is -1.75. The molecule has 0 saturated heterocycles. The standard InChI is InChI=1S/C19H23FO3/c1-4-6-8-9-13-19(3,12-7-5-2)23-17-14-15(18(21)22)10-11-16(17)20/h4,6,8-11,13-14H,1,5,7,12H2,2-3H3,(H,21,22)/b8-6-,13-9+. The maximum absolute atomic E-state index is 14.0. The molecule has 0 saturated carbocycles. The van der Waals surface area contributed by atoms with Crippen molar-refractivity contribution in [3.63, 3.8) is 0 Å². The quantitative estimate of drug-likeness (QED) is 0.640. The van der Waals surface area contributed by atoms with Crippen molar-refractivity contribution in [1.82, 2.24) is 0 Å². The third-order valence-corrected chi connectivity index (χ3v) is 3.36. The number of allylic oxidation sites excluding steroid dienone is 4. The number of hydrogen-bond acceptors (Lipinski definition) is 2. The second-order valence-electron chi connectivity index (χ2n) is 5.45. The zero-order valence-electron chi connectivity index (χ0n) is 13.6. The van der Waals surface area contributed by atoms with Crippen LogP contribution in [0.1, 0.15) is 43.5 Å². The van der Waals surface area contributed by atoms with Gasteiger partial charge in [-0.3, -0.25) is 0 Å². The zero-order chi connectivity index (χ0) is 17.3. The Morgan fingerprint density at radius 2 is 2.13 bits per heavy atom. The Morgan fingerprint density at radius 3 is 2.74 bits per heavy atom. The van der Waals surface area contributed by atoms with E-state index < -0.39 is 17.4 Å². The van der Waals surface area contributed by atoms with Crippen LogP contribution in [0.25, 0.3) is 0 Å². The number of rotatable bonds is 9. The number of hydrogen-bond donors (Lipinski definition) is 1. The third-order valence-electron chi connectivity index (χ3n) is 3.36. The number of carboxylic acid groups (broad SMARTS) is 1. The van der Waals surface area contributed by atoms with Crippen LogP contribution >= 0.6 is 0 Å². The molecule has 0 aliphatic heterocycles. The minimum Gasteiger partial charge on any atom is -0.480 e. The van der Waals surface area contributed by atoms with Crippen molar-refractivity contribution in [2.45, 2.75) is 38.7 Å². The first-order valence-electron chi connectivity index (χ1n) is 7.60. The van der Waals surface area contributed by atoms with Crippen molar-refractivity contribution < 1.29 is 19.0 Å². The first-order valence-corrected chi connectivity index (χ1v) is 7.60. The largest absolute Gasteiger partial charge is 0.480 e. The summed E-state index contributed by atoms with van der Waals surface area (Å²) in [4.78, 5) is 11.0. The Balaban J connectivity index is 3.06. The molecule has 0 amide bonds. The van der Waals surface area contributed by atoms with Gasteiger partial charge in [-0.2, -0.15) is 0 Å². The van der Waals surface area contributed by atoms with Crippen molar-refractivity contribution in [2.24, 2.45) is 0 Å². The van der Waals surface area contributed by atoms with Gasteiger partial charge in [0.25, 0.3) is 0 Å². The fourth-order valence-electron chi connectivity index (χ4n) is 2.06. The third kappa shape index (κ3) is 6.10. The van der Waals surface area contributed by atoms with Gasteiger partial charge in [0, 0.05) is 0 Å². The van der Waals surface area contributed by atoms with Gasteiger partial charge in [-0.05, 0) is 44.0 Å². The molecule has 0 bridgehead atoms. The maximum Gasteiger partial charge on any atom is 0.335 e. The highest BCUT2D eigenvalue weighted by molar-refractivity contribution is 5.88. The normalized spacial score (nSPS) is 14.0. The second kappa shape index (κ2) is 8.93. The zero-order valence-corrected chi connectivity index (χ0v) is 13.6. The Kier molecular flexibility index (Phi) is 7.26. The molecule has 0 heterocycles. The van der Waals surface area contributed by atoms with Crippen molar-refractivity contribution in [1.29, 1.82) is 0 Å². The number of unbranched alkanes of at least 4 members (excludes halogenated alkanes) is 1. The lowest BCUT2D eigenvalue weighted by molar-refractivity contribution is 0.0694. The summed E-state index contributed by atoms with van der Waals surface area (Å²) in [6.45, 7) is 7.51. The lowest BCUT2D eigenvalue weighted by atomic mass is 9.97. The Bertz CT molecular complexity index is 605. The number of halogens is 1. The minimum absolute atomic E-state index is 0.00484. The van der Waals surface area contributed by atoms with E-state index in [-0.39, 0.29) is 11.3 Å². The average molecular weight is 318 g/mol. The van der Waals surface area contributed by atoms with E-state index in [2.05, 4.69) is 13.5 Å². The van der Waals surface area contributed by atoms with E-state index in [1.807, 2.05) is 25.2 Å². The molecule has 1 aromatic carbocycles. The lowest BCUT2D eigenvalue weighted by Crippen LogP contribution is -2.30. The summed E-state index contributed by atoms with van der Waals surface area (Å²) in [5, 5.41) is 9.03. The number of aromatic carboxylic acids is 1. The van der Waals surface area contributed by atoms with Crippen molar-refractivity contribution in [2.75, 3.05) is 0 Å². The van der Waals surface area contributed by atoms with Gasteiger partial charge in [0.05, 0.1) is 5.56 Å². The number of carbonyl (C=O) groups is 1. The molecule has 0 aliphatic rings. The predicted octanol–water partition coefficient (Wildman–Crippen LogP) is 5.15. The van der Waals surface area contributed by atoms with Crippen LogP contribution in [0.3, 0.4) is 0 Å². The maximum atomic E-state index is 14.0. The van der Waals surface area contributed by atoms with E-state index in [1.165, 1.54) is 12.1 Å². The van der Waals surface area contributed by atoms with Crippen molar-refractivity contribution in [3.05, 3.63) is 66.5 Å². The van der Waals surface area contributed by atoms with Crippen LogP contribution in [0.15, 0.2) is 55.2 Å². The van der Waals surface area contributed by atoms with Gasteiger partial charge >= 0.3 is 5.97 Å². The number of benzene rings is 1. The van der Waals surface area contributed by atoms with E-state index in [4.69, 9.17) is 9.84 Å². The van der Waals surface area contributed by atoms with Crippen LogP contribution in [0.5, 0.6) is 5.75 Å². The fraction of sp³-hybridized carbons (Fsp3) is 0.316. The molecule has 0 aromatic heterocycles. The van der Waals surface area contributed by atoms with Crippen LogP contribution in [-0.4, -0.2) is 16.7 Å². The first kappa shape index (κ1) is 18.7. The average Bonchev–Trinajstić information content (AvgIpc) is 2.52. The second-order valence-corrected chi connectivity index (χ2v) is 5.45. The van der Waals surface area contributed by atoms with Gasteiger partial charge in [0.15, 0.2) is 11.6 Å². The van der Waals surface area contributed by atoms with Crippen LogP contribution in [-0.2, 0) is 0 Å². The van der Waals surface area contributed by atoms with Gasteiger partial charge in [-0.15, -0.1) is 0 Å². The van der Waals surface area contributed by atoms with Gasteiger partial charge in [-0.1, -0.05) is 44.2 Å². The van der Waals surface area contributed by atoms with Crippen LogP contribution in [0, 0.1) is 5.82 Å². The Labute approximate surface area is 136 Å². The molecule has 1 rings (SSSR count). The molecule has 0 radical (unpaired) electrons. The summed E-state index contributed by atoms with van der Waals surface area (Å²) < 4.78 is 19.8. The molecule has 1 unspecified atom stereocenters. The SMILES string of the molecule is C=C/C=C\C=C\C(C)(CCCC)Oc1cc(C(=O)O)ccc1F. The van der Waals surface area contributed by atoms with E-state index >= 15 is 0 Å². The molecule has 3 nitrogen and oxygen atoms in total. The molecule has 1 atom stereocenters. The summed E-state index contributed by atoms with van der Waals surface area (Å²) in [5.41, 5.74) is -0.728. The van der Waals surface area contributed by atoms with E-state index in [1.54, 1.807) is 12.2 Å². The highest BCUT2D eigenvalue weighted by Crippen LogP contribution is 2.28. The number of carboxylic acids is 1. The molecular formula is C19H23FO3. The topological polar surface area (TPSA) is 46.5 Å². The Morgan fingerprint density at radius 1 is 1.39 bits per heavy atom. The summed E-state index contributed by atoms with van der Waals surface area (Å²) >= 11 is 0. The highest BCUT2D eigenvalue weighted by atomic mass is 19.1. The lowest BCUT2D eigenvalue weighted by Gasteiger charge is -2.28. The van der Waals surface area contributed by atoms with E-state index in [0.717, 1.165) is 18.9 Å². The molecule has 124 valence electrons. The van der Waals surface area contributed by atoms with Crippen molar-refractivity contribution >= 4 is 5.97 Å². The fourth-order valence-corrected chi connectivity index (χ4v) is 2.06. The molecule has 1 aromatic rings. The molecule has 1 N–H and O–H groups in total. The van der Waals surface area contributed by atoms with Crippen LogP contribution in [0.2, 0.25) is 0 Å². The molecular weight excluding hydrogens is 295 g/mol. The monoisotopic (exact) mass is 318 g/mol. The predicted molar refractivity (Wildman–Crippen MR) is 90.4 cm³/mol. The molecule has 0 spiro atoms. The van der Waals surface area contributed by atoms with Gasteiger partial charge < -0.3 is 9.84 Å². The summed E-state index contributed by atoms with van der Waals surface area (Å²) in [6.07, 6.45) is 11.5. The molecule has 4 heteroatoms.